The number of unbranched alkanes of at least 4 members (excludes halogenated alkanes) is 2. The molecule has 0 saturated heterocycles. The van der Waals surface area contributed by atoms with E-state index in [1.165, 1.54) is 94.2 Å². The average molecular weight is 663 g/mol. The van der Waals surface area contributed by atoms with Crippen molar-refractivity contribution in [2.75, 3.05) is 0 Å². The maximum atomic E-state index is 2.67. The van der Waals surface area contributed by atoms with Gasteiger partial charge in [-0.3, -0.25) is 0 Å². The topological polar surface area (TPSA) is 0 Å². The van der Waals surface area contributed by atoms with Gasteiger partial charge in [-0.05, 0) is 116 Å². The Hall–Kier alpha value is -3.42. The fraction of sp³-hybridized carbons (Fsp3) is 0.375. The summed E-state index contributed by atoms with van der Waals surface area (Å²) in [5.74, 6) is 1.16. The van der Waals surface area contributed by atoms with Crippen LogP contribution in [0.5, 0.6) is 0 Å². The molecule has 4 aromatic carbocycles. The van der Waals surface area contributed by atoms with Crippen molar-refractivity contribution in [2.45, 2.75) is 118 Å². The number of allylic oxidation sites excluding steroid dienone is 2. The molecular weight excluding hydrogens is 605 g/mol. The molecular formula is C48H58Si. The molecule has 0 aliphatic heterocycles. The summed E-state index contributed by atoms with van der Waals surface area (Å²) in [6.07, 6.45) is 14.6. The largest absolute Gasteiger partial charge is 0.113 e. The molecule has 49 heavy (non-hydrogen) atoms. The van der Waals surface area contributed by atoms with Crippen molar-refractivity contribution < 1.29 is 0 Å². The molecule has 0 fully saturated rings. The second kappa shape index (κ2) is 15.2. The zero-order valence-electron chi connectivity index (χ0n) is 31.5. The van der Waals surface area contributed by atoms with E-state index in [1.807, 2.05) is 0 Å². The zero-order chi connectivity index (χ0) is 34.7. The Labute approximate surface area is 299 Å². The summed E-state index contributed by atoms with van der Waals surface area (Å²) in [6, 6.07) is 33.2. The molecule has 0 spiro atoms. The average Bonchev–Trinajstić information content (AvgIpc) is 3.72. The summed E-state index contributed by atoms with van der Waals surface area (Å²) in [7, 11) is -2.27. The molecule has 2 aliphatic carbocycles. The summed E-state index contributed by atoms with van der Waals surface area (Å²) in [4.78, 5) is 0. The summed E-state index contributed by atoms with van der Waals surface area (Å²) in [5, 5.41) is 3.34. The number of hydrogen-bond acceptors (Lipinski definition) is 0. The first kappa shape index (κ1) is 35.4. The Bertz CT molecular complexity index is 1690. The smallest absolute Gasteiger partial charge is 0.0654 e. The maximum Gasteiger partial charge on any atom is 0.113 e. The lowest BCUT2D eigenvalue weighted by molar-refractivity contribution is 0.734. The summed E-state index contributed by atoms with van der Waals surface area (Å²) in [5.41, 5.74) is 17.4. The lowest BCUT2D eigenvalue weighted by Crippen LogP contribution is -2.32. The molecule has 0 saturated carbocycles. The van der Waals surface area contributed by atoms with Crippen molar-refractivity contribution >= 4 is 18.5 Å². The number of rotatable bonds is 14. The minimum atomic E-state index is -2.27. The van der Waals surface area contributed by atoms with Crippen LogP contribution in [-0.4, -0.2) is 8.07 Å². The minimum Gasteiger partial charge on any atom is -0.0654 e. The molecule has 0 bridgehead atoms. The summed E-state index contributed by atoms with van der Waals surface area (Å²) >= 11 is 0. The Morgan fingerprint density at radius 3 is 1.24 bits per heavy atom. The second-order valence-electron chi connectivity index (χ2n) is 15.3. The monoisotopic (exact) mass is 662 g/mol. The van der Waals surface area contributed by atoms with Crippen LogP contribution in [0, 0.1) is 12.8 Å². The van der Waals surface area contributed by atoms with Crippen LogP contribution in [0.1, 0.15) is 138 Å². The van der Waals surface area contributed by atoms with Crippen LogP contribution in [0.15, 0.2) is 96.1 Å². The number of hydrogen-bond donors (Lipinski definition) is 0. The van der Waals surface area contributed by atoms with Crippen LogP contribution in [0.2, 0.25) is 13.1 Å². The molecule has 0 nitrogen and oxygen atoms in total. The van der Waals surface area contributed by atoms with Gasteiger partial charge in [0.1, 0.15) is 8.07 Å². The molecule has 0 aromatic heterocycles. The van der Waals surface area contributed by atoms with Gasteiger partial charge in [0.05, 0.1) is 0 Å². The standard InChI is InChI=1S/C48H58Si/c1-9-13-17-41-31-39-19-15-21-43(37-27-23-35(24-28-37)33(5)11-3)45(39)47(41)49(7,8)48-42(18-14-10-2)32-40-20-16-22-44(46(40)48)38-29-25-36(26-30-38)34(6)12-4/h15-16,19-34H,9-14,17-18H2,1-8H3. The third-order valence-corrected chi connectivity index (χ3v) is 15.3. The molecule has 2 aliphatic rings. The van der Waals surface area contributed by atoms with E-state index in [0.717, 1.165) is 12.8 Å². The molecule has 2 atom stereocenters. The van der Waals surface area contributed by atoms with E-state index < -0.39 is 8.07 Å². The fourth-order valence-electron chi connectivity index (χ4n) is 8.40. The molecule has 254 valence electrons. The summed E-state index contributed by atoms with van der Waals surface area (Å²) < 4.78 is 0. The van der Waals surface area contributed by atoms with Gasteiger partial charge in [-0.2, -0.15) is 0 Å². The van der Waals surface area contributed by atoms with Crippen LogP contribution in [-0.2, 0) is 0 Å². The van der Waals surface area contributed by atoms with Crippen LogP contribution in [0.3, 0.4) is 0 Å². The van der Waals surface area contributed by atoms with Crippen molar-refractivity contribution in [2.24, 2.45) is 0 Å². The highest BCUT2D eigenvalue weighted by Crippen LogP contribution is 2.54. The van der Waals surface area contributed by atoms with Crippen molar-refractivity contribution in [3.05, 3.63) is 142 Å². The van der Waals surface area contributed by atoms with Gasteiger partial charge in [0, 0.05) is 12.8 Å². The minimum absolute atomic E-state index is 0.582. The van der Waals surface area contributed by atoms with Crippen LogP contribution in [0.25, 0.3) is 32.6 Å². The first-order valence-electron chi connectivity index (χ1n) is 19.4. The second-order valence-corrected chi connectivity index (χ2v) is 19.6. The predicted octanol–water partition coefficient (Wildman–Crippen LogP) is 14.6. The fourth-order valence-corrected chi connectivity index (χ4v) is 12.5. The van der Waals surface area contributed by atoms with Gasteiger partial charge in [-0.15, -0.1) is 0 Å². The van der Waals surface area contributed by atoms with E-state index in [0.29, 0.717) is 11.8 Å². The first-order valence-corrected chi connectivity index (χ1v) is 22.4. The quantitative estimate of drug-likeness (QED) is 0.118. The van der Waals surface area contributed by atoms with Gasteiger partial charge in [-0.25, -0.2) is 0 Å². The number of fused-ring (bicyclic) bond motifs is 2. The third-order valence-electron chi connectivity index (χ3n) is 11.7. The van der Waals surface area contributed by atoms with Gasteiger partial charge in [-0.1, -0.05) is 164 Å². The van der Waals surface area contributed by atoms with Crippen molar-refractivity contribution in [1.29, 1.82) is 0 Å². The Morgan fingerprint density at radius 1 is 0.510 bits per heavy atom. The lowest BCUT2D eigenvalue weighted by Gasteiger charge is -2.33. The van der Waals surface area contributed by atoms with Gasteiger partial charge in [0.2, 0.25) is 0 Å². The lowest BCUT2D eigenvalue weighted by atomic mass is 9.93. The van der Waals surface area contributed by atoms with E-state index in [-0.39, 0.29) is 0 Å². The molecule has 0 N–H and O–H groups in total. The van der Waals surface area contributed by atoms with Gasteiger partial charge >= 0.3 is 0 Å². The maximum absolute atomic E-state index is 2.67. The SMILES string of the molecule is CCCCC1=C([Si](C)(C)C2=C(CCCC)[CH]c3cccc(-c4ccc(C(C)CC)cc4)c32)c2c(cccc2-c2ccc(C(C)CC)cc2)[CH]1. The highest BCUT2D eigenvalue weighted by Gasteiger charge is 2.43. The van der Waals surface area contributed by atoms with Crippen molar-refractivity contribution in [3.63, 3.8) is 0 Å². The zero-order valence-corrected chi connectivity index (χ0v) is 32.5. The van der Waals surface area contributed by atoms with Crippen molar-refractivity contribution in [1.82, 2.24) is 0 Å². The van der Waals surface area contributed by atoms with Gasteiger partial charge in [0.15, 0.2) is 0 Å². The molecule has 2 radical (unpaired) electrons. The van der Waals surface area contributed by atoms with Crippen LogP contribution < -0.4 is 0 Å². The molecule has 0 heterocycles. The highest BCUT2D eigenvalue weighted by atomic mass is 28.3. The van der Waals surface area contributed by atoms with Crippen LogP contribution in [0.4, 0.5) is 0 Å². The third kappa shape index (κ3) is 6.85. The van der Waals surface area contributed by atoms with E-state index in [9.17, 15) is 0 Å². The molecule has 1 heteroatoms. The van der Waals surface area contributed by atoms with Gasteiger partial charge < -0.3 is 0 Å². The normalized spacial score (nSPS) is 15.5. The molecule has 4 aromatic rings. The van der Waals surface area contributed by atoms with E-state index in [1.54, 1.807) is 21.5 Å². The highest BCUT2D eigenvalue weighted by molar-refractivity contribution is 7.09. The predicted molar refractivity (Wildman–Crippen MR) is 218 cm³/mol. The number of benzene rings is 4. The summed E-state index contributed by atoms with van der Waals surface area (Å²) in [6.45, 7) is 19.3. The van der Waals surface area contributed by atoms with E-state index in [2.05, 4.69) is 152 Å². The Morgan fingerprint density at radius 2 is 0.898 bits per heavy atom. The molecule has 0 amide bonds. The Kier molecular flexibility index (Phi) is 11.0. The van der Waals surface area contributed by atoms with Crippen molar-refractivity contribution in [3.8, 4) is 22.3 Å². The van der Waals surface area contributed by atoms with E-state index >= 15 is 0 Å². The Balaban J connectivity index is 1.54. The van der Waals surface area contributed by atoms with E-state index in [4.69, 9.17) is 0 Å². The first-order chi connectivity index (χ1) is 23.7. The molecule has 2 unspecified atom stereocenters. The van der Waals surface area contributed by atoms with Gasteiger partial charge in [0.25, 0.3) is 0 Å². The molecule has 6 rings (SSSR count). The van der Waals surface area contributed by atoms with Crippen LogP contribution >= 0.6 is 0 Å².